The summed E-state index contributed by atoms with van der Waals surface area (Å²) in [4.78, 5) is 23.3. The average Bonchev–Trinajstić information content (AvgIpc) is 3.33. The highest BCUT2D eigenvalue weighted by Crippen LogP contribution is 2.43. The van der Waals surface area contributed by atoms with Gasteiger partial charge in [0.2, 0.25) is 10.2 Å². The number of thioether (sulfide) groups is 8. The Labute approximate surface area is 209 Å². The lowest BCUT2D eigenvalue weighted by Crippen LogP contribution is -2.08. The van der Waals surface area contributed by atoms with E-state index in [-0.39, 0.29) is 10.2 Å². The van der Waals surface area contributed by atoms with Crippen molar-refractivity contribution in [2.24, 2.45) is 0 Å². The van der Waals surface area contributed by atoms with E-state index in [9.17, 15) is 9.59 Å². The first-order chi connectivity index (χ1) is 13.8. The zero-order valence-corrected chi connectivity index (χ0v) is 23.3. The van der Waals surface area contributed by atoms with Crippen molar-refractivity contribution in [1.29, 1.82) is 0 Å². The number of carbonyl (C=O) groups is 2. The van der Waals surface area contributed by atoms with Crippen LogP contribution in [0.2, 0.25) is 0 Å². The van der Waals surface area contributed by atoms with E-state index in [2.05, 4.69) is 13.2 Å². The molecule has 0 radical (unpaired) electrons. The van der Waals surface area contributed by atoms with Gasteiger partial charge in [-0.15, -0.1) is 70.6 Å². The summed E-state index contributed by atoms with van der Waals surface area (Å²) in [5, 5.41) is 2.59. The first kappa shape index (κ1) is 26.9. The van der Waals surface area contributed by atoms with E-state index in [1.54, 1.807) is 13.8 Å². The van der Waals surface area contributed by atoms with Crippen molar-refractivity contribution in [2.45, 2.75) is 33.5 Å². The van der Waals surface area contributed by atoms with E-state index >= 15 is 0 Å². The minimum Gasteiger partial charge on any atom is -0.282 e. The second-order valence-electron chi connectivity index (χ2n) is 6.66. The summed E-state index contributed by atoms with van der Waals surface area (Å²) in [6.45, 7) is 11.0. The van der Waals surface area contributed by atoms with Crippen molar-refractivity contribution >= 4 is 104 Å². The summed E-state index contributed by atoms with van der Waals surface area (Å²) in [7, 11) is 0. The third kappa shape index (κ3) is 10.9. The topological polar surface area (TPSA) is 34.1 Å². The molecule has 29 heavy (non-hydrogen) atoms. The lowest BCUT2D eigenvalue weighted by atomic mass is 10.4. The molecule has 0 aliphatic carbocycles. The van der Waals surface area contributed by atoms with Crippen molar-refractivity contribution in [3.8, 4) is 0 Å². The van der Waals surface area contributed by atoms with Crippen LogP contribution in [0.5, 0.6) is 0 Å². The van der Waals surface area contributed by atoms with Gasteiger partial charge in [-0.3, -0.25) is 9.59 Å². The summed E-state index contributed by atoms with van der Waals surface area (Å²) >= 11 is 15.1. The molecule has 0 aromatic carbocycles. The molecule has 0 aromatic heterocycles. The van der Waals surface area contributed by atoms with Gasteiger partial charge in [0.25, 0.3) is 0 Å². The van der Waals surface area contributed by atoms with Crippen molar-refractivity contribution in [3.05, 3.63) is 24.3 Å². The van der Waals surface area contributed by atoms with Crippen molar-refractivity contribution < 1.29 is 9.59 Å². The SMILES string of the molecule is C=C(C)C(=O)SCC1CSC(CSCSCC2SCC(CSC(=O)C(=C)C)S2)S1. The molecule has 0 N–H and O–H groups in total. The zero-order valence-electron chi connectivity index (χ0n) is 16.8. The van der Waals surface area contributed by atoms with Gasteiger partial charge >= 0.3 is 0 Å². The highest BCUT2D eigenvalue weighted by Gasteiger charge is 2.28. The fourth-order valence-electron chi connectivity index (χ4n) is 2.30. The first-order valence-corrected chi connectivity index (χ1v) is 17.5. The highest BCUT2D eigenvalue weighted by molar-refractivity contribution is 8.24. The van der Waals surface area contributed by atoms with Gasteiger partial charge in [-0.2, -0.15) is 0 Å². The third-order valence-electron chi connectivity index (χ3n) is 3.80. The van der Waals surface area contributed by atoms with Crippen molar-refractivity contribution in [3.63, 3.8) is 0 Å². The molecule has 2 heterocycles. The number of carbonyl (C=O) groups excluding carboxylic acids is 2. The molecule has 164 valence electrons. The Bertz CT molecular complexity index is 547. The molecule has 0 aromatic rings. The standard InChI is InChI=1S/C19H28O2S8/c1-12(2)18(20)26-7-14-5-24-16(28-14)9-22-11-23-10-17-25-6-15(29-17)8-27-19(21)13(3)4/h14-17H,1,3,5-11H2,2,4H3. The van der Waals surface area contributed by atoms with Gasteiger partial charge in [0.05, 0.1) is 9.16 Å². The van der Waals surface area contributed by atoms with Crippen molar-refractivity contribution in [1.82, 2.24) is 0 Å². The summed E-state index contributed by atoms with van der Waals surface area (Å²) < 4.78 is 1.32. The summed E-state index contributed by atoms with van der Waals surface area (Å²) in [5.74, 6) is 6.50. The van der Waals surface area contributed by atoms with E-state index in [4.69, 9.17) is 0 Å². The fraction of sp³-hybridized carbons (Fsp3) is 0.684. The molecule has 4 unspecified atom stereocenters. The van der Waals surface area contributed by atoms with Crippen LogP contribution in [0.4, 0.5) is 0 Å². The molecule has 0 saturated carbocycles. The van der Waals surface area contributed by atoms with Gasteiger partial charge in [0.1, 0.15) is 0 Å². The monoisotopic (exact) mass is 544 g/mol. The Balaban J connectivity index is 1.47. The Hall–Kier alpha value is 1.62. The summed E-state index contributed by atoms with van der Waals surface area (Å²) in [5.41, 5.74) is 1.30. The molecule has 2 aliphatic heterocycles. The van der Waals surface area contributed by atoms with E-state index in [0.29, 0.717) is 30.8 Å². The average molecular weight is 545 g/mol. The number of rotatable bonds is 12. The largest absolute Gasteiger partial charge is 0.282 e. The Morgan fingerprint density at radius 3 is 1.59 bits per heavy atom. The molecule has 10 heteroatoms. The Morgan fingerprint density at radius 2 is 1.21 bits per heavy atom. The van der Waals surface area contributed by atoms with Gasteiger partial charge in [0.15, 0.2) is 0 Å². The first-order valence-electron chi connectivity index (χ1n) is 9.20. The molecule has 2 rings (SSSR count). The summed E-state index contributed by atoms with van der Waals surface area (Å²) in [6, 6.07) is 0. The van der Waals surface area contributed by atoms with Crippen LogP contribution in [0.25, 0.3) is 0 Å². The van der Waals surface area contributed by atoms with Crippen LogP contribution < -0.4 is 0 Å². The number of hydrogen-bond acceptors (Lipinski definition) is 10. The highest BCUT2D eigenvalue weighted by atomic mass is 32.2. The number of hydrogen-bond donors (Lipinski definition) is 0. The predicted molar refractivity (Wildman–Crippen MR) is 150 cm³/mol. The Morgan fingerprint density at radius 1 is 0.793 bits per heavy atom. The maximum atomic E-state index is 11.7. The summed E-state index contributed by atoms with van der Waals surface area (Å²) in [6.07, 6.45) is 0. The molecule has 2 aliphatic rings. The zero-order chi connectivity index (χ0) is 21.2. The molecule has 2 nitrogen and oxygen atoms in total. The minimum absolute atomic E-state index is 0.135. The maximum absolute atomic E-state index is 11.7. The Kier molecular flexibility index (Phi) is 13.6. The van der Waals surface area contributed by atoms with Crippen LogP contribution in [0.15, 0.2) is 24.3 Å². The van der Waals surface area contributed by atoms with Gasteiger partial charge in [-0.25, -0.2) is 0 Å². The van der Waals surface area contributed by atoms with Crippen LogP contribution in [0.3, 0.4) is 0 Å². The van der Waals surface area contributed by atoms with E-state index in [1.165, 1.54) is 35.0 Å². The van der Waals surface area contributed by atoms with Crippen LogP contribution >= 0.6 is 94.1 Å². The maximum Gasteiger partial charge on any atom is 0.214 e. The van der Waals surface area contributed by atoms with E-state index in [0.717, 1.165) is 28.1 Å². The van der Waals surface area contributed by atoms with Crippen LogP contribution in [-0.4, -0.2) is 69.5 Å². The van der Waals surface area contributed by atoms with Gasteiger partial charge in [-0.05, 0) is 25.0 Å². The predicted octanol–water partition coefficient (Wildman–Crippen LogP) is 6.43. The van der Waals surface area contributed by atoms with E-state index in [1.807, 2.05) is 70.6 Å². The quantitative estimate of drug-likeness (QED) is 0.156. The second-order valence-corrected chi connectivity index (χ2v) is 17.2. The molecule has 4 atom stereocenters. The van der Waals surface area contributed by atoms with Crippen molar-refractivity contribution in [2.75, 3.05) is 39.6 Å². The molecule has 0 bridgehead atoms. The second kappa shape index (κ2) is 14.7. The third-order valence-corrected chi connectivity index (χ3v) is 16.4. The lowest BCUT2D eigenvalue weighted by molar-refractivity contribution is -0.108. The van der Waals surface area contributed by atoms with Gasteiger partial charge in [0, 0.05) is 50.1 Å². The minimum atomic E-state index is 0.135. The van der Waals surface area contributed by atoms with Crippen LogP contribution in [0, 0.1) is 0 Å². The van der Waals surface area contributed by atoms with Crippen LogP contribution in [-0.2, 0) is 9.59 Å². The van der Waals surface area contributed by atoms with E-state index < -0.39 is 0 Å². The van der Waals surface area contributed by atoms with Gasteiger partial charge < -0.3 is 0 Å². The molecule has 0 amide bonds. The molecular weight excluding hydrogens is 517 g/mol. The molecule has 2 saturated heterocycles. The lowest BCUT2D eigenvalue weighted by Gasteiger charge is -2.11. The van der Waals surface area contributed by atoms with Gasteiger partial charge in [-0.1, -0.05) is 36.7 Å². The smallest absolute Gasteiger partial charge is 0.214 e. The van der Waals surface area contributed by atoms with Crippen LogP contribution in [0.1, 0.15) is 13.8 Å². The normalized spacial score (nSPS) is 26.6. The molecule has 0 spiro atoms. The molecular formula is C19H28O2S8. The fourth-order valence-corrected chi connectivity index (χ4v) is 14.3. The molecule has 2 fully saturated rings.